The molecular weight excluding hydrogens is 140 g/mol. The molecule has 0 saturated heterocycles. The van der Waals surface area contributed by atoms with E-state index in [1.165, 1.54) is 22.9 Å². The zero-order valence-corrected chi connectivity index (χ0v) is 5.38. The van der Waals surface area contributed by atoms with Crippen LogP contribution >= 0.6 is 15.9 Å². The lowest BCUT2D eigenvalue weighted by Crippen LogP contribution is -1.92. The standard InChI is InChI=1S/C5H7Br/c1-4-2-3-5(4)6/h2-3H2,1H3. The van der Waals surface area contributed by atoms with Gasteiger partial charge in [-0.25, -0.2) is 0 Å². The van der Waals surface area contributed by atoms with E-state index in [-0.39, 0.29) is 0 Å². The normalized spacial score (nSPS) is 21.0. The van der Waals surface area contributed by atoms with Gasteiger partial charge in [-0.2, -0.15) is 0 Å². The molecule has 0 bridgehead atoms. The van der Waals surface area contributed by atoms with Crippen LogP contribution in [0.15, 0.2) is 10.1 Å². The molecule has 1 aliphatic rings. The van der Waals surface area contributed by atoms with E-state index < -0.39 is 0 Å². The summed E-state index contributed by atoms with van der Waals surface area (Å²) in [7, 11) is 0. The van der Waals surface area contributed by atoms with Crippen LogP contribution in [0.2, 0.25) is 0 Å². The predicted octanol–water partition coefficient (Wildman–Crippen LogP) is 2.45. The molecule has 0 fully saturated rings. The van der Waals surface area contributed by atoms with E-state index >= 15 is 0 Å². The minimum absolute atomic E-state index is 1.27. The maximum atomic E-state index is 3.41. The SMILES string of the molecule is CC1=C(Br)CC1. The molecule has 0 unspecified atom stereocenters. The molecule has 0 aromatic carbocycles. The first-order chi connectivity index (χ1) is 2.80. The molecule has 34 valence electrons. The fraction of sp³-hybridized carbons (Fsp3) is 0.600. The fourth-order valence-electron chi connectivity index (χ4n) is 0.469. The van der Waals surface area contributed by atoms with Crippen molar-refractivity contribution in [2.24, 2.45) is 0 Å². The summed E-state index contributed by atoms with van der Waals surface area (Å²) in [6.07, 6.45) is 2.58. The van der Waals surface area contributed by atoms with Gasteiger partial charge in [-0.3, -0.25) is 0 Å². The van der Waals surface area contributed by atoms with Crippen LogP contribution in [0.4, 0.5) is 0 Å². The molecule has 0 heterocycles. The Morgan fingerprint density at radius 3 is 2.00 bits per heavy atom. The lowest BCUT2D eigenvalue weighted by molar-refractivity contribution is 0.862. The Bertz CT molecular complexity index is 80.1. The van der Waals surface area contributed by atoms with Crippen molar-refractivity contribution < 1.29 is 0 Å². The third-order valence-corrected chi connectivity index (χ3v) is 2.26. The predicted molar refractivity (Wildman–Crippen MR) is 30.9 cm³/mol. The Kier molecular flexibility index (Phi) is 1.00. The van der Waals surface area contributed by atoms with Crippen LogP contribution < -0.4 is 0 Å². The highest BCUT2D eigenvalue weighted by Gasteiger charge is 2.07. The molecule has 1 heteroatoms. The fourth-order valence-corrected chi connectivity index (χ4v) is 0.866. The molecule has 0 N–H and O–H groups in total. The molecule has 0 aromatic rings. The highest BCUT2D eigenvalue weighted by Crippen LogP contribution is 2.31. The van der Waals surface area contributed by atoms with Gasteiger partial charge < -0.3 is 0 Å². The molecule has 0 atom stereocenters. The van der Waals surface area contributed by atoms with E-state index in [0.717, 1.165) is 0 Å². The first-order valence-electron chi connectivity index (χ1n) is 2.15. The average Bonchev–Trinajstić information content (AvgIpc) is 1.61. The second kappa shape index (κ2) is 1.38. The van der Waals surface area contributed by atoms with Crippen LogP contribution in [-0.4, -0.2) is 0 Å². The molecule has 0 aromatic heterocycles. The minimum atomic E-state index is 1.27. The van der Waals surface area contributed by atoms with Gasteiger partial charge in [0, 0.05) is 0 Å². The summed E-state index contributed by atoms with van der Waals surface area (Å²) in [6.45, 7) is 2.16. The Morgan fingerprint density at radius 2 is 2.00 bits per heavy atom. The molecular formula is C5H7Br. The van der Waals surface area contributed by atoms with Gasteiger partial charge in [0.25, 0.3) is 0 Å². The summed E-state index contributed by atoms with van der Waals surface area (Å²) < 4.78 is 1.42. The first-order valence-corrected chi connectivity index (χ1v) is 2.94. The maximum Gasteiger partial charge on any atom is -0.00568 e. The highest BCUT2D eigenvalue weighted by molar-refractivity contribution is 9.11. The van der Waals surface area contributed by atoms with Crippen molar-refractivity contribution in [2.75, 3.05) is 0 Å². The quantitative estimate of drug-likeness (QED) is 0.493. The minimum Gasteiger partial charge on any atom is -0.0628 e. The van der Waals surface area contributed by atoms with Crippen LogP contribution in [0, 0.1) is 0 Å². The molecule has 0 radical (unpaired) electrons. The van der Waals surface area contributed by atoms with Gasteiger partial charge in [-0.15, -0.1) is 0 Å². The largest absolute Gasteiger partial charge is 0.0628 e. The number of allylic oxidation sites excluding steroid dienone is 2. The van der Waals surface area contributed by atoms with Crippen molar-refractivity contribution in [3.63, 3.8) is 0 Å². The zero-order chi connectivity index (χ0) is 4.57. The van der Waals surface area contributed by atoms with Gasteiger partial charge in [0.1, 0.15) is 0 Å². The number of halogens is 1. The lowest BCUT2D eigenvalue weighted by Gasteiger charge is -2.13. The van der Waals surface area contributed by atoms with Gasteiger partial charge in [-0.1, -0.05) is 21.5 Å². The zero-order valence-electron chi connectivity index (χ0n) is 3.79. The number of hydrogen-bond donors (Lipinski definition) is 0. The van der Waals surface area contributed by atoms with Gasteiger partial charge in [-0.05, 0) is 24.2 Å². The van der Waals surface area contributed by atoms with Gasteiger partial charge in [0.15, 0.2) is 0 Å². The van der Waals surface area contributed by atoms with Crippen LogP contribution in [0.3, 0.4) is 0 Å². The summed E-state index contributed by atoms with van der Waals surface area (Å²) in [6, 6.07) is 0. The smallest absolute Gasteiger partial charge is 0.00568 e. The molecule has 1 rings (SSSR count). The van der Waals surface area contributed by atoms with Crippen molar-refractivity contribution in [3.8, 4) is 0 Å². The molecule has 6 heavy (non-hydrogen) atoms. The lowest BCUT2D eigenvalue weighted by atomic mass is 10.0. The Labute approximate surface area is 46.4 Å². The van der Waals surface area contributed by atoms with Crippen molar-refractivity contribution in [1.82, 2.24) is 0 Å². The summed E-state index contributed by atoms with van der Waals surface area (Å²) in [5, 5.41) is 0. The van der Waals surface area contributed by atoms with E-state index in [1.807, 2.05) is 0 Å². The topological polar surface area (TPSA) is 0 Å². The van der Waals surface area contributed by atoms with Crippen molar-refractivity contribution >= 4 is 15.9 Å². The van der Waals surface area contributed by atoms with Crippen LogP contribution in [0.5, 0.6) is 0 Å². The highest BCUT2D eigenvalue weighted by atomic mass is 79.9. The Balaban J connectivity index is 2.66. The van der Waals surface area contributed by atoms with Crippen LogP contribution in [0.1, 0.15) is 19.8 Å². The van der Waals surface area contributed by atoms with Gasteiger partial charge in [0.05, 0.1) is 0 Å². The molecule has 0 saturated carbocycles. The van der Waals surface area contributed by atoms with E-state index in [4.69, 9.17) is 0 Å². The number of hydrogen-bond acceptors (Lipinski definition) is 0. The van der Waals surface area contributed by atoms with Gasteiger partial charge >= 0.3 is 0 Å². The first kappa shape index (κ1) is 4.38. The third kappa shape index (κ3) is 0.515. The summed E-state index contributed by atoms with van der Waals surface area (Å²) >= 11 is 3.41. The van der Waals surface area contributed by atoms with E-state index in [9.17, 15) is 0 Å². The van der Waals surface area contributed by atoms with E-state index in [1.54, 1.807) is 0 Å². The third-order valence-electron chi connectivity index (χ3n) is 1.18. The Hall–Kier alpha value is 0.220. The van der Waals surface area contributed by atoms with Crippen LogP contribution in [-0.2, 0) is 0 Å². The molecule has 0 spiro atoms. The van der Waals surface area contributed by atoms with E-state index in [0.29, 0.717) is 0 Å². The molecule has 0 aliphatic heterocycles. The molecule has 0 amide bonds. The summed E-state index contributed by atoms with van der Waals surface area (Å²) in [5.74, 6) is 0. The Morgan fingerprint density at radius 1 is 1.50 bits per heavy atom. The van der Waals surface area contributed by atoms with Crippen molar-refractivity contribution in [1.29, 1.82) is 0 Å². The van der Waals surface area contributed by atoms with Crippen LogP contribution in [0.25, 0.3) is 0 Å². The maximum absolute atomic E-state index is 3.41. The molecule has 1 aliphatic carbocycles. The second-order valence-electron chi connectivity index (χ2n) is 1.69. The van der Waals surface area contributed by atoms with Crippen molar-refractivity contribution in [2.45, 2.75) is 19.8 Å². The van der Waals surface area contributed by atoms with E-state index in [2.05, 4.69) is 22.9 Å². The monoisotopic (exact) mass is 146 g/mol. The van der Waals surface area contributed by atoms with Crippen molar-refractivity contribution in [3.05, 3.63) is 10.1 Å². The molecule has 0 nitrogen and oxygen atoms in total. The number of rotatable bonds is 0. The second-order valence-corrected chi connectivity index (χ2v) is 2.64. The summed E-state index contributed by atoms with van der Waals surface area (Å²) in [4.78, 5) is 0. The summed E-state index contributed by atoms with van der Waals surface area (Å²) in [5.41, 5.74) is 1.52. The average molecular weight is 147 g/mol. The van der Waals surface area contributed by atoms with Gasteiger partial charge in [0.2, 0.25) is 0 Å².